The van der Waals surface area contributed by atoms with Crippen LogP contribution in [0.5, 0.6) is 0 Å². The first-order valence-corrected chi connectivity index (χ1v) is 9.01. The Morgan fingerprint density at radius 2 is 1.74 bits per heavy atom. The lowest BCUT2D eigenvalue weighted by atomic mass is 9.51. The summed E-state index contributed by atoms with van der Waals surface area (Å²) in [7, 11) is 0. The van der Waals surface area contributed by atoms with Crippen molar-refractivity contribution in [3.63, 3.8) is 0 Å². The van der Waals surface area contributed by atoms with Crippen molar-refractivity contribution in [2.45, 2.75) is 78.1 Å². The number of hydrogen-bond donors (Lipinski definition) is 3. The molecule has 6 unspecified atom stereocenters. The summed E-state index contributed by atoms with van der Waals surface area (Å²) in [5, 5.41) is 32.1. The van der Waals surface area contributed by atoms with E-state index in [1.165, 1.54) is 0 Å². The standard InChI is InChI=1S/C20H32O3/c1-11-8-16(22)14-9-13-12(2)15(21)6-7-20(13,5)10-17(23)18(11)19(14,3)4/h13-17,21-23H,2,6-10H2,1,3-5H3. The summed E-state index contributed by atoms with van der Waals surface area (Å²) < 4.78 is 0. The zero-order valence-corrected chi connectivity index (χ0v) is 15.0. The molecule has 130 valence electrons. The number of rotatable bonds is 0. The van der Waals surface area contributed by atoms with Crippen molar-refractivity contribution in [3.05, 3.63) is 23.3 Å². The van der Waals surface area contributed by atoms with Crippen LogP contribution in [0.2, 0.25) is 0 Å². The third-order valence-corrected chi connectivity index (χ3v) is 7.25. The van der Waals surface area contributed by atoms with Crippen LogP contribution in [0.1, 0.15) is 59.8 Å². The van der Waals surface area contributed by atoms with Gasteiger partial charge in [-0.3, -0.25) is 0 Å². The molecular weight excluding hydrogens is 288 g/mol. The molecule has 2 fully saturated rings. The molecule has 0 aliphatic heterocycles. The summed E-state index contributed by atoms with van der Waals surface area (Å²) in [5.74, 6) is 0.266. The molecule has 3 aliphatic carbocycles. The molecule has 3 heteroatoms. The largest absolute Gasteiger partial charge is 0.392 e. The fourth-order valence-corrected chi connectivity index (χ4v) is 5.95. The van der Waals surface area contributed by atoms with Crippen LogP contribution in [0.4, 0.5) is 0 Å². The summed E-state index contributed by atoms with van der Waals surface area (Å²) in [6.45, 7) is 12.8. The van der Waals surface area contributed by atoms with Gasteiger partial charge in [0.05, 0.1) is 18.3 Å². The Morgan fingerprint density at radius 3 is 2.39 bits per heavy atom. The highest BCUT2D eigenvalue weighted by molar-refractivity contribution is 5.32. The zero-order chi connectivity index (χ0) is 17.2. The van der Waals surface area contributed by atoms with E-state index >= 15 is 0 Å². The Hall–Kier alpha value is -0.640. The third-order valence-electron chi connectivity index (χ3n) is 7.25. The van der Waals surface area contributed by atoms with Gasteiger partial charge in [-0.2, -0.15) is 0 Å². The highest BCUT2D eigenvalue weighted by Gasteiger charge is 2.53. The molecule has 0 saturated heterocycles. The molecule has 6 atom stereocenters. The predicted molar refractivity (Wildman–Crippen MR) is 91.8 cm³/mol. The minimum Gasteiger partial charge on any atom is -0.392 e. The van der Waals surface area contributed by atoms with E-state index in [0.717, 1.165) is 42.4 Å². The van der Waals surface area contributed by atoms with Gasteiger partial charge >= 0.3 is 0 Å². The Bertz CT molecular complexity index is 547. The minimum atomic E-state index is -0.462. The summed E-state index contributed by atoms with van der Waals surface area (Å²) in [4.78, 5) is 0. The number of fused-ring (bicyclic) bond motifs is 3. The first kappa shape index (κ1) is 17.2. The molecule has 2 saturated carbocycles. The van der Waals surface area contributed by atoms with Crippen LogP contribution in [0.15, 0.2) is 23.3 Å². The average Bonchev–Trinajstić information content (AvgIpc) is 2.40. The smallest absolute Gasteiger partial charge is 0.0763 e. The van der Waals surface area contributed by atoms with Gasteiger partial charge in [0.2, 0.25) is 0 Å². The van der Waals surface area contributed by atoms with Crippen molar-refractivity contribution >= 4 is 0 Å². The van der Waals surface area contributed by atoms with Crippen LogP contribution >= 0.6 is 0 Å². The summed E-state index contributed by atoms with van der Waals surface area (Å²) in [6.07, 6.45) is 2.58. The number of aliphatic hydroxyl groups excluding tert-OH is 3. The predicted octanol–water partition coefficient (Wildman–Crippen LogP) is 3.20. The highest BCUT2D eigenvalue weighted by Crippen LogP contribution is 2.58. The van der Waals surface area contributed by atoms with Gasteiger partial charge in [-0.15, -0.1) is 0 Å². The Morgan fingerprint density at radius 1 is 1.09 bits per heavy atom. The molecule has 0 aromatic heterocycles. The minimum absolute atomic E-state index is 0.0485. The van der Waals surface area contributed by atoms with Gasteiger partial charge in [0.1, 0.15) is 0 Å². The molecule has 23 heavy (non-hydrogen) atoms. The first-order valence-electron chi connectivity index (χ1n) is 9.01. The topological polar surface area (TPSA) is 60.7 Å². The molecular formula is C20H32O3. The lowest BCUT2D eigenvalue weighted by Crippen LogP contribution is -2.51. The Balaban J connectivity index is 2.09. The maximum atomic E-state index is 11.0. The van der Waals surface area contributed by atoms with Gasteiger partial charge in [0.15, 0.2) is 0 Å². The van der Waals surface area contributed by atoms with E-state index < -0.39 is 12.2 Å². The van der Waals surface area contributed by atoms with E-state index in [1.54, 1.807) is 0 Å². The van der Waals surface area contributed by atoms with Gasteiger partial charge in [0, 0.05) is 0 Å². The zero-order valence-electron chi connectivity index (χ0n) is 15.0. The molecule has 3 aliphatic rings. The second kappa shape index (κ2) is 5.44. The van der Waals surface area contributed by atoms with Crippen LogP contribution < -0.4 is 0 Å². The van der Waals surface area contributed by atoms with Crippen molar-refractivity contribution in [2.75, 3.05) is 0 Å². The van der Waals surface area contributed by atoms with Gasteiger partial charge in [0.25, 0.3) is 0 Å². The van der Waals surface area contributed by atoms with Gasteiger partial charge in [-0.1, -0.05) is 32.9 Å². The van der Waals surface area contributed by atoms with Gasteiger partial charge < -0.3 is 15.3 Å². The molecule has 0 aromatic rings. The average molecular weight is 320 g/mol. The SMILES string of the molecule is C=C1C(O)CCC2(C)CC(O)C3=C(C)CC(O)C(CC12)C3(C)C. The van der Waals surface area contributed by atoms with Crippen LogP contribution in [-0.4, -0.2) is 33.6 Å². The van der Waals surface area contributed by atoms with Crippen molar-refractivity contribution in [3.8, 4) is 0 Å². The van der Waals surface area contributed by atoms with Crippen LogP contribution in [0, 0.1) is 22.7 Å². The maximum Gasteiger partial charge on any atom is 0.0763 e. The van der Waals surface area contributed by atoms with Crippen molar-refractivity contribution in [2.24, 2.45) is 22.7 Å². The highest BCUT2D eigenvalue weighted by atomic mass is 16.3. The van der Waals surface area contributed by atoms with E-state index in [0.29, 0.717) is 6.42 Å². The molecule has 0 aromatic carbocycles. The van der Waals surface area contributed by atoms with Crippen molar-refractivity contribution in [1.82, 2.24) is 0 Å². The summed E-state index contributed by atoms with van der Waals surface area (Å²) in [5.41, 5.74) is 2.94. The summed E-state index contributed by atoms with van der Waals surface area (Å²) >= 11 is 0. The number of aliphatic hydroxyl groups is 3. The maximum absolute atomic E-state index is 11.0. The first-order chi connectivity index (χ1) is 10.6. The quantitative estimate of drug-likeness (QED) is 0.601. The van der Waals surface area contributed by atoms with E-state index in [2.05, 4.69) is 34.3 Å². The van der Waals surface area contributed by atoms with E-state index in [1.807, 2.05) is 0 Å². The normalized spacial score (nSPS) is 46.9. The molecule has 0 amide bonds. The lowest BCUT2D eigenvalue weighted by molar-refractivity contribution is -0.0474. The molecule has 3 rings (SSSR count). The van der Waals surface area contributed by atoms with Crippen LogP contribution in [0.3, 0.4) is 0 Å². The summed E-state index contributed by atoms with van der Waals surface area (Å²) in [6, 6.07) is 0. The van der Waals surface area contributed by atoms with E-state index in [4.69, 9.17) is 0 Å². The second-order valence-electron chi connectivity index (χ2n) is 9.09. The second-order valence-corrected chi connectivity index (χ2v) is 9.09. The molecule has 0 radical (unpaired) electrons. The van der Waals surface area contributed by atoms with Crippen LogP contribution in [-0.2, 0) is 0 Å². The Labute approximate surface area is 140 Å². The fraction of sp³-hybridized carbons (Fsp3) is 0.800. The molecule has 3 nitrogen and oxygen atoms in total. The third kappa shape index (κ3) is 2.52. The monoisotopic (exact) mass is 320 g/mol. The van der Waals surface area contributed by atoms with Crippen molar-refractivity contribution in [1.29, 1.82) is 0 Å². The lowest BCUT2D eigenvalue weighted by Gasteiger charge is -2.55. The molecule has 0 spiro atoms. The molecule has 2 bridgehead atoms. The van der Waals surface area contributed by atoms with Crippen molar-refractivity contribution < 1.29 is 15.3 Å². The van der Waals surface area contributed by atoms with E-state index in [-0.39, 0.29) is 28.8 Å². The van der Waals surface area contributed by atoms with Gasteiger partial charge in [-0.05, 0) is 72.8 Å². The molecule has 3 N–H and O–H groups in total. The van der Waals surface area contributed by atoms with Gasteiger partial charge in [-0.25, -0.2) is 0 Å². The molecule has 0 heterocycles. The van der Waals surface area contributed by atoms with Crippen LogP contribution in [0.25, 0.3) is 0 Å². The van der Waals surface area contributed by atoms with E-state index in [9.17, 15) is 15.3 Å². The number of hydrogen-bond acceptors (Lipinski definition) is 3. The fourth-order valence-electron chi connectivity index (χ4n) is 5.95. The Kier molecular flexibility index (Phi) is 4.06.